The highest BCUT2D eigenvalue weighted by atomic mass is 16.5. The molecule has 4 unspecified atom stereocenters. The van der Waals surface area contributed by atoms with Crippen molar-refractivity contribution in [2.45, 2.75) is 161 Å². The van der Waals surface area contributed by atoms with Gasteiger partial charge in [-0.25, -0.2) is 14.6 Å². The van der Waals surface area contributed by atoms with Crippen LogP contribution >= 0.6 is 0 Å². The highest BCUT2D eigenvalue weighted by Crippen LogP contribution is 2.51. The molecule has 2 fully saturated rings. The molecule has 1 aromatic carbocycles. The molecule has 2 aliphatic rings. The fraction of sp³-hybridized carbons (Fsp3) is 0.739. The van der Waals surface area contributed by atoms with Crippen molar-refractivity contribution in [3.63, 3.8) is 0 Å². The number of nitrogens with zero attached hydrogens (tertiary/aromatic N) is 3. The van der Waals surface area contributed by atoms with Crippen LogP contribution in [0, 0.1) is 57.2 Å². The van der Waals surface area contributed by atoms with E-state index in [0.29, 0.717) is 40.0 Å². The van der Waals surface area contributed by atoms with Gasteiger partial charge in [0, 0.05) is 46.4 Å². The number of rotatable bonds is 5. The van der Waals surface area contributed by atoms with Gasteiger partial charge in [-0.1, -0.05) is 118 Å². The SMILES string of the molecule is CC1CC(C(C)(C)C)C(OC(=O)c2cc(C(=O)OC3C(C(C)(C)C)CC(C)CC3C(C)(C)C)cc(-c3nc4cc(C(C)(C)C)[nH]n4n3)c2)C(C(C)(C)C)C1. The molecule has 0 aliphatic heterocycles. The third-order valence-electron chi connectivity index (χ3n) is 12.7. The maximum atomic E-state index is 14.5. The standard InChI is InChI=1S/C46H72N4O4/c1-26-18-31(42(3,4)5)37(32(19-26)43(6,7)8)53-40(51)29-22-28(39-47-36-25-35(46(15,16)17)48-50(36)49-39)23-30(24-29)41(52)54-38-33(44(9,10)11)20-27(2)21-34(38)45(12,13)14/h22-27,31-34,37-38,48H,18-21H2,1-17H3. The number of hydrogen-bond donors (Lipinski definition) is 1. The van der Waals surface area contributed by atoms with Crippen LogP contribution in [0.5, 0.6) is 0 Å². The van der Waals surface area contributed by atoms with Crippen LogP contribution in [0.1, 0.15) is 170 Å². The van der Waals surface area contributed by atoms with Crippen LogP contribution < -0.4 is 0 Å². The molecule has 0 spiro atoms. The molecule has 4 atom stereocenters. The van der Waals surface area contributed by atoms with E-state index in [1.165, 1.54) is 0 Å². The molecule has 3 aromatic rings. The van der Waals surface area contributed by atoms with Crippen LogP contribution in [0.4, 0.5) is 0 Å². The van der Waals surface area contributed by atoms with E-state index in [2.05, 4.69) is 123 Å². The summed E-state index contributed by atoms with van der Waals surface area (Å²) >= 11 is 0. The van der Waals surface area contributed by atoms with E-state index < -0.39 is 11.9 Å². The molecular formula is C46H72N4O4. The monoisotopic (exact) mass is 745 g/mol. The van der Waals surface area contributed by atoms with Gasteiger partial charge in [-0.05, 0) is 77.4 Å². The average molecular weight is 745 g/mol. The molecule has 300 valence electrons. The van der Waals surface area contributed by atoms with E-state index >= 15 is 0 Å². The third-order valence-corrected chi connectivity index (χ3v) is 12.7. The predicted molar refractivity (Wildman–Crippen MR) is 218 cm³/mol. The molecule has 2 saturated carbocycles. The van der Waals surface area contributed by atoms with Gasteiger partial charge in [0.1, 0.15) is 12.2 Å². The maximum Gasteiger partial charge on any atom is 0.338 e. The van der Waals surface area contributed by atoms with Gasteiger partial charge < -0.3 is 9.47 Å². The van der Waals surface area contributed by atoms with E-state index in [1.807, 2.05) is 6.07 Å². The third kappa shape index (κ3) is 9.10. The summed E-state index contributed by atoms with van der Waals surface area (Å²) < 4.78 is 15.0. The van der Waals surface area contributed by atoms with Gasteiger partial charge in [-0.3, -0.25) is 5.10 Å². The summed E-state index contributed by atoms with van der Waals surface area (Å²) in [6, 6.07) is 7.22. The zero-order valence-electron chi connectivity index (χ0n) is 36.7. The number of carbonyl (C=O) groups is 2. The minimum atomic E-state index is -0.430. The largest absolute Gasteiger partial charge is 0.458 e. The molecule has 0 bridgehead atoms. The Morgan fingerprint density at radius 1 is 0.611 bits per heavy atom. The Morgan fingerprint density at radius 2 is 0.981 bits per heavy atom. The number of benzene rings is 1. The molecule has 2 aliphatic carbocycles. The smallest absolute Gasteiger partial charge is 0.338 e. The van der Waals surface area contributed by atoms with Gasteiger partial charge in [-0.2, -0.15) is 4.63 Å². The summed E-state index contributed by atoms with van der Waals surface area (Å²) in [6.45, 7) is 38.1. The molecular weight excluding hydrogens is 673 g/mol. The quantitative estimate of drug-likeness (QED) is 0.261. The molecule has 0 amide bonds. The Bertz CT molecular complexity index is 1650. The summed E-state index contributed by atoms with van der Waals surface area (Å²) in [5.74, 6) is 1.37. The number of H-pyrrole nitrogens is 1. The second-order valence-corrected chi connectivity index (χ2v) is 22.7. The number of aromatic amines is 1. The average Bonchev–Trinajstić information content (AvgIpc) is 3.60. The Kier molecular flexibility index (Phi) is 11.2. The first-order valence-electron chi connectivity index (χ1n) is 20.6. The van der Waals surface area contributed by atoms with Gasteiger partial charge in [0.15, 0.2) is 11.5 Å². The zero-order chi connectivity index (χ0) is 40.5. The zero-order valence-corrected chi connectivity index (χ0v) is 36.7. The number of fused-ring (bicyclic) bond motifs is 1. The van der Waals surface area contributed by atoms with Crippen molar-refractivity contribution in [1.82, 2.24) is 19.8 Å². The summed E-state index contributed by atoms with van der Waals surface area (Å²) in [4.78, 5) is 33.9. The first-order valence-corrected chi connectivity index (χ1v) is 20.6. The molecule has 0 saturated heterocycles. The fourth-order valence-corrected chi connectivity index (χ4v) is 9.40. The lowest BCUT2D eigenvalue weighted by Crippen LogP contribution is -2.49. The summed E-state index contributed by atoms with van der Waals surface area (Å²) in [7, 11) is 0. The second-order valence-electron chi connectivity index (χ2n) is 22.7. The molecule has 8 heteroatoms. The molecule has 1 N–H and O–H groups in total. The maximum absolute atomic E-state index is 14.5. The first kappa shape index (κ1) is 42.0. The minimum absolute atomic E-state index is 0.0576. The van der Waals surface area contributed by atoms with Crippen molar-refractivity contribution in [2.75, 3.05) is 0 Å². The number of aromatic nitrogens is 4. The number of hydrogen-bond acceptors (Lipinski definition) is 6. The number of carbonyl (C=O) groups excluding carboxylic acids is 2. The molecule has 8 nitrogen and oxygen atoms in total. The predicted octanol–water partition coefficient (Wildman–Crippen LogP) is 11.6. The van der Waals surface area contributed by atoms with Gasteiger partial charge in [0.25, 0.3) is 0 Å². The summed E-state index contributed by atoms with van der Waals surface area (Å²) in [6.07, 6.45) is 3.45. The molecule has 5 rings (SSSR count). The van der Waals surface area contributed by atoms with Crippen molar-refractivity contribution >= 4 is 17.6 Å². The van der Waals surface area contributed by atoms with Crippen LogP contribution in [0.3, 0.4) is 0 Å². The van der Waals surface area contributed by atoms with E-state index in [9.17, 15) is 9.59 Å². The van der Waals surface area contributed by atoms with Gasteiger partial charge in [0.2, 0.25) is 0 Å². The van der Waals surface area contributed by atoms with Crippen LogP contribution in [0.2, 0.25) is 0 Å². The topological polar surface area (TPSA) is 98.6 Å². The second kappa shape index (κ2) is 14.4. The highest BCUT2D eigenvalue weighted by molar-refractivity contribution is 5.97. The number of nitrogens with one attached hydrogen (secondary N) is 1. The van der Waals surface area contributed by atoms with Gasteiger partial charge in [-0.15, -0.1) is 5.10 Å². The molecule has 0 radical (unpaired) electrons. The van der Waals surface area contributed by atoms with E-state index in [0.717, 1.165) is 31.4 Å². The van der Waals surface area contributed by atoms with Crippen molar-refractivity contribution in [3.8, 4) is 11.4 Å². The number of esters is 2. The Balaban J connectivity index is 1.59. The number of ether oxygens (including phenoxy) is 2. The van der Waals surface area contributed by atoms with Crippen LogP contribution in [0.15, 0.2) is 24.3 Å². The Labute approximate surface area is 326 Å². The van der Waals surface area contributed by atoms with Crippen molar-refractivity contribution in [2.24, 2.45) is 57.2 Å². The van der Waals surface area contributed by atoms with Crippen molar-refractivity contribution < 1.29 is 19.1 Å². The lowest BCUT2D eigenvalue weighted by atomic mass is 9.59. The van der Waals surface area contributed by atoms with E-state index in [4.69, 9.17) is 19.6 Å². The van der Waals surface area contributed by atoms with E-state index in [-0.39, 0.29) is 63.0 Å². The lowest BCUT2D eigenvalue weighted by molar-refractivity contribution is -0.0924. The normalized spacial score (nSPS) is 27.6. The minimum Gasteiger partial charge on any atom is -0.458 e. The van der Waals surface area contributed by atoms with Gasteiger partial charge in [0.05, 0.1) is 11.1 Å². The van der Waals surface area contributed by atoms with Crippen molar-refractivity contribution in [1.29, 1.82) is 0 Å². The summed E-state index contributed by atoms with van der Waals surface area (Å²) in [5.41, 5.74) is 2.53. The van der Waals surface area contributed by atoms with Crippen molar-refractivity contribution in [3.05, 3.63) is 41.1 Å². The lowest BCUT2D eigenvalue weighted by Gasteiger charge is -2.50. The van der Waals surface area contributed by atoms with Crippen LogP contribution in [-0.2, 0) is 14.9 Å². The van der Waals surface area contributed by atoms with Crippen LogP contribution in [0.25, 0.3) is 17.0 Å². The molecule has 2 heterocycles. The van der Waals surface area contributed by atoms with E-state index in [1.54, 1.807) is 22.8 Å². The first-order chi connectivity index (χ1) is 24.5. The highest BCUT2D eigenvalue weighted by Gasteiger charge is 2.49. The molecule has 2 aromatic heterocycles. The Morgan fingerprint density at radius 3 is 1.30 bits per heavy atom. The van der Waals surface area contributed by atoms with Gasteiger partial charge >= 0.3 is 11.9 Å². The Hall–Kier alpha value is -3.16. The fourth-order valence-electron chi connectivity index (χ4n) is 9.40. The molecule has 54 heavy (non-hydrogen) atoms. The van der Waals surface area contributed by atoms with Crippen LogP contribution in [-0.4, -0.2) is 44.0 Å². The summed E-state index contributed by atoms with van der Waals surface area (Å²) in [5, 5.41) is 8.14.